The summed E-state index contributed by atoms with van der Waals surface area (Å²) in [6, 6.07) is 13.5. The van der Waals surface area contributed by atoms with E-state index in [1.165, 1.54) is 17.4 Å². The van der Waals surface area contributed by atoms with Gasteiger partial charge in [0.15, 0.2) is 14.6 Å². The van der Waals surface area contributed by atoms with Crippen molar-refractivity contribution >= 4 is 37.3 Å². The van der Waals surface area contributed by atoms with Crippen LogP contribution in [0.2, 0.25) is 0 Å². The highest BCUT2D eigenvalue weighted by molar-refractivity contribution is 7.90. The van der Waals surface area contributed by atoms with Gasteiger partial charge in [0.1, 0.15) is 5.82 Å². The zero-order valence-corrected chi connectivity index (χ0v) is 18.2. The SMILES string of the molecule is CCOCCn1c(=NC(=O)CCS(=O)(=O)Cc2ccccc2)sc2cccc(F)c21. The number of carbonyl (C=O) groups is 1. The van der Waals surface area contributed by atoms with E-state index in [9.17, 15) is 17.6 Å². The summed E-state index contributed by atoms with van der Waals surface area (Å²) in [7, 11) is -3.45. The van der Waals surface area contributed by atoms with E-state index in [0.717, 1.165) is 0 Å². The molecule has 30 heavy (non-hydrogen) atoms. The standard InChI is InChI=1S/C21H23FN2O4S2/c1-2-28-13-12-24-20-17(22)9-6-10-18(20)29-21(24)23-19(25)11-14-30(26,27)15-16-7-4-3-5-8-16/h3-10H,2,11-15H2,1H3. The van der Waals surface area contributed by atoms with Crippen molar-refractivity contribution in [1.82, 2.24) is 4.57 Å². The molecule has 0 spiro atoms. The maximum Gasteiger partial charge on any atom is 0.249 e. The second-order valence-corrected chi connectivity index (χ2v) is 9.85. The van der Waals surface area contributed by atoms with Crippen molar-refractivity contribution in [3.8, 4) is 0 Å². The van der Waals surface area contributed by atoms with E-state index < -0.39 is 21.6 Å². The Morgan fingerprint density at radius 3 is 2.67 bits per heavy atom. The van der Waals surface area contributed by atoms with Gasteiger partial charge in [0.05, 0.1) is 28.3 Å². The number of para-hydroxylation sites is 1. The summed E-state index contributed by atoms with van der Waals surface area (Å²) in [5.41, 5.74) is 1.04. The first-order valence-corrected chi connectivity index (χ1v) is 12.2. The van der Waals surface area contributed by atoms with E-state index in [0.29, 0.717) is 40.3 Å². The minimum atomic E-state index is -3.45. The van der Waals surface area contributed by atoms with Crippen LogP contribution in [-0.2, 0) is 31.7 Å². The summed E-state index contributed by atoms with van der Waals surface area (Å²) in [5.74, 6) is -1.37. The molecule has 9 heteroatoms. The smallest absolute Gasteiger partial charge is 0.249 e. The van der Waals surface area contributed by atoms with E-state index in [2.05, 4.69) is 4.99 Å². The Kier molecular flexibility index (Phi) is 7.52. The number of aromatic nitrogens is 1. The van der Waals surface area contributed by atoms with Gasteiger partial charge in [-0.3, -0.25) is 4.79 Å². The van der Waals surface area contributed by atoms with Crippen molar-refractivity contribution in [1.29, 1.82) is 0 Å². The second-order valence-electron chi connectivity index (χ2n) is 6.65. The van der Waals surface area contributed by atoms with Crippen LogP contribution in [0.1, 0.15) is 18.9 Å². The van der Waals surface area contributed by atoms with Crippen molar-refractivity contribution in [3.63, 3.8) is 0 Å². The summed E-state index contributed by atoms with van der Waals surface area (Å²) >= 11 is 1.19. The number of halogens is 1. The molecule has 0 fully saturated rings. The molecule has 1 amide bonds. The van der Waals surface area contributed by atoms with Crippen LogP contribution in [0.5, 0.6) is 0 Å². The third-order valence-corrected chi connectivity index (χ3v) is 7.03. The molecule has 0 radical (unpaired) electrons. The number of sulfone groups is 1. The number of hydrogen-bond donors (Lipinski definition) is 0. The lowest BCUT2D eigenvalue weighted by atomic mass is 10.2. The quantitative estimate of drug-likeness (QED) is 0.469. The van der Waals surface area contributed by atoms with Crippen LogP contribution in [0.15, 0.2) is 53.5 Å². The molecule has 6 nitrogen and oxygen atoms in total. The summed E-state index contributed by atoms with van der Waals surface area (Å²) in [4.78, 5) is 16.8. The van der Waals surface area contributed by atoms with Crippen molar-refractivity contribution in [2.24, 2.45) is 4.99 Å². The van der Waals surface area contributed by atoms with Gasteiger partial charge in [0.25, 0.3) is 0 Å². The normalized spacial score (nSPS) is 12.5. The van der Waals surface area contributed by atoms with Gasteiger partial charge in [-0.1, -0.05) is 47.7 Å². The molecule has 3 aromatic rings. The van der Waals surface area contributed by atoms with Crippen molar-refractivity contribution in [2.75, 3.05) is 19.0 Å². The lowest BCUT2D eigenvalue weighted by Gasteiger charge is -2.06. The van der Waals surface area contributed by atoms with Gasteiger partial charge < -0.3 is 9.30 Å². The average Bonchev–Trinajstić information content (AvgIpc) is 3.05. The molecule has 1 heterocycles. The maximum absolute atomic E-state index is 14.4. The lowest BCUT2D eigenvalue weighted by molar-refractivity contribution is -0.117. The fourth-order valence-corrected chi connectivity index (χ4v) is 5.40. The van der Waals surface area contributed by atoms with Gasteiger partial charge in [-0.05, 0) is 24.6 Å². The van der Waals surface area contributed by atoms with Gasteiger partial charge in [0.2, 0.25) is 5.91 Å². The summed E-state index contributed by atoms with van der Waals surface area (Å²) in [6.45, 7) is 3.08. The molecule has 160 valence electrons. The van der Waals surface area contributed by atoms with E-state index in [1.54, 1.807) is 41.0 Å². The number of rotatable bonds is 9. The topological polar surface area (TPSA) is 77.7 Å². The van der Waals surface area contributed by atoms with Crippen LogP contribution in [-0.4, -0.2) is 37.9 Å². The molecular weight excluding hydrogens is 427 g/mol. The lowest BCUT2D eigenvalue weighted by Crippen LogP contribution is -2.21. The van der Waals surface area contributed by atoms with Gasteiger partial charge in [-0.25, -0.2) is 12.8 Å². The van der Waals surface area contributed by atoms with Crippen molar-refractivity contribution in [3.05, 3.63) is 64.7 Å². The van der Waals surface area contributed by atoms with Crippen molar-refractivity contribution in [2.45, 2.75) is 25.6 Å². The Morgan fingerprint density at radius 2 is 1.93 bits per heavy atom. The van der Waals surface area contributed by atoms with Gasteiger partial charge in [0, 0.05) is 19.6 Å². The largest absolute Gasteiger partial charge is 0.380 e. The molecule has 0 aliphatic heterocycles. The highest BCUT2D eigenvalue weighted by atomic mass is 32.2. The molecule has 0 aliphatic rings. The third kappa shape index (κ3) is 5.84. The highest BCUT2D eigenvalue weighted by Gasteiger charge is 2.16. The van der Waals surface area contributed by atoms with Gasteiger partial charge in [-0.15, -0.1) is 0 Å². The van der Waals surface area contributed by atoms with Crippen LogP contribution in [0.25, 0.3) is 10.2 Å². The minimum Gasteiger partial charge on any atom is -0.380 e. The third-order valence-electron chi connectivity index (χ3n) is 4.39. The molecular formula is C21H23FN2O4S2. The Hall–Kier alpha value is -2.36. The van der Waals surface area contributed by atoms with Crippen molar-refractivity contribution < 1.29 is 22.3 Å². The summed E-state index contributed by atoms with van der Waals surface area (Å²) in [6.07, 6.45) is -0.225. The highest BCUT2D eigenvalue weighted by Crippen LogP contribution is 2.20. The Morgan fingerprint density at radius 1 is 1.17 bits per heavy atom. The molecule has 0 bridgehead atoms. The number of nitrogens with zero attached hydrogens (tertiary/aromatic N) is 2. The Labute approximate surface area is 178 Å². The number of benzene rings is 2. The van der Waals surface area contributed by atoms with E-state index in [-0.39, 0.29) is 17.9 Å². The number of hydrogen-bond acceptors (Lipinski definition) is 5. The summed E-state index contributed by atoms with van der Waals surface area (Å²) < 4.78 is 46.6. The number of fused-ring (bicyclic) bond motifs is 1. The van der Waals surface area contributed by atoms with E-state index >= 15 is 0 Å². The van der Waals surface area contributed by atoms with Crippen LogP contribution in [0, 0.1) is 5.82 Å². The number of ether oxygens (including phenoxy) is 1. The molecule has 0 unspecified atom stereocenters. The van der Waals surface area contributed by atoms with Crippen LogP contribution in [0.3, 0.4) is 0 Å². The van der Waals surface area contributed by atoms with Gasteiger partial charge in [-0.2, -0.15) is 4.99 Å². The molecule has 0 saturated heterocycles. The fraction of sp³-hybridized carbons (Fsp3) is 0.333. The number of amides is 1. The summed E-state index contributed by atoms with van der Waals surface area (Å²) in [5, 5.41) is 0. The predicted molar refractivity (Wildman–Crippen MR) is 115 cm³/mol. The maximum atomic E-state index is 14.4. The predicted octanol–water partition coefficient (Wildman–Crippen LogP) is 3.31. The van der Waals surface area contributed by atoms with Crippen LogP contribution >= 0.6 is 11.3 Å². The van der Waals surface area contributed by atoms with E-state index in [1.807, 2.05) is 13.0 Å². The first kappa shape index (κ1) is 22.3. The molecule has 2 aromatic carbocycles. The molecule has 0 aliphatic carbocycles. The molecule has 3 rings (SSSR count). The van der Waals surface area contributed by atoms with Gasteiger partial charge >= 0.3 is 0 Å². The average molecular weight is 451 g/mol. The number of carbonyl (C=O) groups excluding carboxylic acids is 1. The van der Waals surface area contributed by atoms with Crippen LogP contribution < -0.4 is 4.80 Å². The fourth-order valence-electron chi connectivity index (χ4n) is 2.99. The first-order chi connectivity index (χ1) is 14.4. The molecule has 0 saturated carbocycles. The number of thiazole rings is 1. The molecule has 0 atom stereocenters. The minimum absolute atomic E-state index is 0.121. The molecule has 1 aromatic heterocycles. The Bertz CT molecular complexity index is 1180. The molecule has 0 N–H and O–H groups in total. The van der Waals surface area contributed by atoms with E-state index in [4.69, 9.17) is 4.74 Å². The second kappa shape index (κ2) is 10.1. The zero-order valence-electron chi connectivity index (χ0n) is 16.6. The first-order valence-electron chi connectivity index (χ1n) is 9.57. The monoisotopic (exact) mass is 450 g/mol. The Balaban J connectivity index is 1.79. The van der Waals surface area contributed by atoms with Crippen LogP contribution in [0.4, 0.5) is 4.39 Å². The zero-order chi connectivity index (χ0) is 21.6.